The second-order valence-electron chi connectivity index (χ2n) is 6.57. The Labute approximate surface area is 141 Å². The fourth-order valence-corrected chi connectivity index (χ4v) is 2.83. The van der Waals surface area contributed by atoms with Crippen molar-refractivity contribution in [2.75, 3.05) is 33.4 Å². The van der Waals surface area contributed by atoms with Crippen molar-refractivity contribution in [1.82, 2.24) is 16.0 Å². The molecule has 134 valence electrons. The molecule has 1 atom stereocenters. The SMILES string of the molecule is COCC(NC(=O)NCC1(C)CCNCC1)c1ccc(F)c(F)c1. The number of urea groups is 1. The zero-order chi connectivity index (χ0) is 17.6. The maximum atomic E-state index is 13.4. The van der Waals surface area contributed by atoms with Crippen molar-refractivity contribution in [3.63, 3.8) is 0 Å². The molecule has 1 fully saturated rings. The van der Waals surface area contributed by atoms with Gasteiger partial charge in [0.05, 0.1) is 12.6 Å². The van der Waals surface area contributed by atoms with Gasteiger partial charge in [0, 0.05) is 13.7 Å². The van der Waals surface area contributed by atoms with E-state index in [0.717, 1.165) is 38.1 Å². The van der Waals surface area contributed by atoms with E-state index in [2.05, 4.69) is 22.9 Å². The Morgan fingerprint density at radius 2 is 2.04 bits per heavy atom. The molecule has 1 aliphatic heterocycles. The topological polar surface area (TPSA) is 62.4 Å². The predicted molar refractivity (Wildman–Crippen MR) is 87.7 cm³/mol. The standard InChI is InChI=1S/C17H25F2N3O2/c1-17(5-7-20-8-6-17)11-21-16(23)22-15(10-24-2)12-3-4-13(18)14(19)9-12/h3-4,9,15,20H,5-8,10-11H2,1-2H3,(H2,21,22,23). The minimum Gasteiger partial charge on any atom is -0.382 e. The first-order valence-corrected chi connectivity index (χ1v) is 8.12. The number of nitrogens with one attached hydrogen (secondary N) is 3. The van der Waals surface area contributed by atoms with Gasteiger partial charge in [0.25, 0.3) is 0 Å². The van der Waals surface area contributed by atoms with Gasteiger partial charge in [-0.1, -0.05) is 13.0 Å². The van der Waals surface area contributed by atoms with Crippen LogP contribution in [0, 0.1) is 17.0 Å². The first kappa shape index (κ1) is 18.6. The van der Waals surface area contributed by atoms with Crippen LogP contribution in [0.1, 0.15) is 31.4 Å². The molecule has 0 radical (unpaired) electrons. The van der Waals surface area contributed by atoms with Gasteiger partial charge in [0.2, 0.25) is 0 Å². The van der Waals surface area contributed by atoms with Crippen LogP contribution in [-0.4, -0.2) is 39.4 Å². The molecule has 0 aliphatic carbocycles. The van der Waals surface area contributed by atoms with Gasteiger partial charge in [-0.2, -0.15) is 0 Å². The Kier molecular flexibility index (Phi) is 6.51. The van der Waals surface area contributed by atoms with E-state index in [1.165, 1.54) is 13.2 Å². The number of halogens is 2. The normalized spacial score (nSPS) is 18.0. The highest BCUT2D eigenvalue weighted by Crippen LogP contribution is 2.26. The highest BCUT2D eigenvalue weighted by Gasteiger charge is 2.27. The number of piperidine rings is 1. The Hall–Kier alpha value is -1.73. The van der Waals surface area contributed by atoms with E-state index in [-0.39, 0.29) is 18.1 Å². The molecular formula is C17H25F2N3O2. The molecule has 3 N–H and O–H groups in total. The summed E-state index contributed by atoms with van der Waals surface area (Å²) < 4.78 is 31.6. The summed E-state index contributed by atoms with van der Waals surface area (Å²) in [5.74, 6) is -1.86. The van der Waals surface area contributed by atoms with E-state index in [0.29, 0.717) is 12.1 Å². The van der Waals surface area contributed by atoms with Crippen LogP contribution in [0.2, 0.25) is 0 Å². The zero-order valence-electron chi connectivity index (χ0n) is 14.1. The Morgan fingerprint density at radius 1 is 1.33 bits per heavy atom. The molecule has 0 saturated carbocycles. The van der Waals surface area contributed by atoms with Gasteiger partial charge in [0.15, 0.2) is 11.6 Å². The molecule has 5 nitrogen and oxygen atoms in total. The summed E-state index contributed by atoms with van der Waals surface area (Å²) >= 11 is 0. The Bertz CT molecular complexity index is 563. The minimum absolute atomic E-state index is 0.0708. The van der Waals surface area contributed by atoms with Crippen LogP contribution in [-0.2, 0) is 4.74 Å². The average Bonchev–Trinajstić information content (AvgIpc) is 2.56. The van der Waals surface area contributed by atoms with Crippen LogP contribution in [0.5, 0.6) is 0 Å². The number of carbonyl (C=O) groups excluding carboxylic acids is 1. The Morgan fingerprint density at radius 3 is 2.67 bits per heavy atom. The van der Waals surface area contributed by atoms with Crippen LogP contribution in [0.4, 0.5) is 13.6 Å². The molecule has 2 amide bonds. The van der Waals surface area contributed by atoms with E-state index in [9.17, 15) is 13.6 Å². The number of ether oxygens (including phenoxy) is 1. The molecule has 1 aromatic carbocycles. The quantitative estimate of drug-likeness (QED) is 0.744. The number of carbonyl (C=O) groups is 1. The van der Waals surface area contributed by atoms with Crippen LogP contribution in [0.25, 0.3) is 0 Å². The van der Waals surface area contributed by atoms with Crippen molar-refractivity contribution in [3.8, 4) is 0 Å². The molecule has 0 bridgehead atoms. The number of hydrogen-bond donors (Lipinski definition) is 3. The smallest absolute Gasteiger partial charge is 0.315 e. The van der Waals surface area contributed by atoms with Crippen LogP contribution >= 0.6 is 0 Å². The molecule has 2 rings (SSSR count). The van der Waals surface area contributed by atoms with E-state index < -0.39 is 17.7 Å². The second kappa shape index (κ2) is 8.39. The largest absolute Gasteiger partial charge is 0.382 e. The lowest BCUT2D eigenvalue weighted by molar-refractivity contribution is 0.163. The molecule has 0 spiro atoms. The van der Waals surface area contributed by atoms with Crippen molar-refractivity contribution in [2.24, 2.45) is 5.41 Å². The maximum Gasteiger partial charge on any atom is 0.315 e. The Balaban J connectivity index is 1.94. The summed E-state index contributed by atoms with van der Waals surface area (Å²) in [6.07, 6.45) is 2.00. The monoisotopic (exact) mass is 341 g/mol. The summed E-state index contributed by atoms with van der Waals surface area (Å²) in [5.41, 5.74) is 0.528. The number of rotatable bonds is 6. The molecule has 24 heavy (non-hydrogen) atoms. The lowest BCUT2D eigenvalue weighted by Gasteiger charge is -2.34. The summed E-state index contributed by atoms with van der Waals surface area (Å²) in [6.45, 7) is 4.77. The van der Waals surface area contributed by atoms with Crippen molar-refractivity contribution in [1.29, 1.82) is 0 Å². The third-order valence-corrected chi connectivity index (χ3v) is 4.47. The van der Waals surface area contributed by atoms with Gasteiger partial charge in [0.1, 0.15) is 0 Å². The van der Waals surface area contributed by atoms with E-state index in [4.69, 9.17) is 4.74 Å². The highest BCUT2D eigenvalue weighted by molar-refractivity contribution is 5.74. The zero-order valence-corrected chi connectivity index (χ0v) is 14.1. The molecule has 1 aromatic rings. The number of amides is 2. The molecule has 1 unspecified atom stereocenters. The third-order valence-electron chi connectivity index (χ3n) is 4.47. The number of hydrogen-bond acceptors (Lipinski definition) is 3. The van der Waals surface area contributed by atoms with E-state index >= 15 is 0 Å². The van der Waals surface area contributed by atoms with Gasteiger partial charge >= 0.3 is 6.03 Å². The van der Waals surface area contributed by atoms with E-state index in [1.54, 1.807) is 0 Å². The van der Waals surface area contributed by atoms with Crippen molar-refractivity contribution >= 4 is 6.03 Å². The lowest BCUT2D eigenvalue weighted by Crippen LogP contribution is -2.46. The average molecular weight is 341 g/mol. The van der Waals surface area contributed by atoms with Gasteiger partial charge < -0.3 is 20.7 Å². The molecule has 7 heteroatoms. The van der Waals surface area contributed by atoms with Crippen molar-refractivity contribution < 1.29 is 18.3 Å². The van der Waals surface area contributed by atoms with Crippen molar-refractivity contribution in [2.45, 2.75) is 25.8 Å². The minimum atomic E-state index is -0.946. The van der Waals surface area contributed by atoms with Gasteiger partial charge in [-0.3, -0.25) is 0 Å². The molecule has 1 saturated heterocycles. The fourth-order valence-electron chi connectivity index (χ4n) is 2.83. The third kappa shape index (κ3) is 5.14. The second-order valence-corrected chi connectivity index (χ2v) is 6.57. The molecule has 0 aromatic heterocycles. The van der Waals surface area contributed by atoms with Gasteiger partial charge in [-0.25, -0.2) is 13.6 Å². The van der Waals surface area contributed by atoms with E-state index in [1.807, 2.05) is 0 Å². The van der Waals surface area contributed by atoms with Crippen LogP contribution < -0.4 is 16.0 Å². The highest BCUT2D eigenvalue weighted by atomic mass is 19.2. The number of benzene rings is 1. The first-order chi connectivity index (χ1) is 11.4. The first-order valence-electron chi connectivity index (χ1n) is 8.12. The summed E-state index contributed by atoms with van der Waals surface area (Å²) in [5, 5.41) is 8.93. The van der Waals surface area contributed by atoms with Crippen LogP contribution in [0.3, 0.4) is 0 Å². The van der Waals surface area contributed by atoms with Crippen molar-refractivity contribution in [3.05, 3.63) is 35.4 Å². The maximum absolute atomic E-state index is 13.4. The molecule has 1 heterocycles. The van der Waals surface area contributed by atoms with Gasteiger partial charge in [-0.15, -0.1) is 0 Å². The summed E-state index contributed by atoms with van der Waals surface area (Å²) in [7, 11) is 1.49. The summed E-state index contributed by atoms with van der Waals surface area (Å²) in [6, 6.07) is 2.67. The predicted octanol–water partition coefficient (Wildman–Crippen LogP) is 2.34. The van der Waals surface area contributed by atoms with Crippen LogP contribution in [0.15, 0.2) is 18.2 Å². The number of methoxy groups -OCH3 is 1. The molecular weight excluding hydrogens is 316 g/mol. The molecule has 1 aliphatic rings. The fraction of sp³-hybridized carbons (Fsp3) is 0.588. The van der Waals surface area contributed by atoms with Gasteiger partial charge in [-0.05, 0) is 49.0 Å². The lowest BCUT2D eigenvalue weighted by atomic mass is 9.81. The summed E-state index contributed by atoms with van der Waals surface area (Å²) in [4.78, 5) is 12.2.